The van der Waals surface area contributed by atoms with E-state index < -0.39 is 32.5 Å². The number of rotatable bonds is 59. The number of allylic oxidation sites excluding steroid dienone is 18. The van der Waals surface area contributed by atoms with Gasteiger partial charge in [0.2, 0.25) is 0 Å². The van der Waals surface area contributed by atoms with Crippen molar-refractivity contribution in [2.24, 2.45) is 0 Å². The quantitative estimate of drug-likeness (QED) is 0.0195. The molecule has 0 aromatic heterocycles. The summed E-state index contributed by atoms with van der Waals surface area (Å²) in [6, 6.07) is 0. The number of phosphoric acid groups is 1. The van der Waals surface area contributed by atoms with Crippen LogP contribution < -0.4 is 4.89 Å². The van der Waals surface area contributed by atoms with E-state index in [1.165, 1.54) is 128 Å². The molecule has 0 aromatic rings. The van der Waals surface area contributed by atoms with Crippen molar-refractivity contribution >= 4 is 19.8 Å². The van der Waals surface area contributed by atoms with E-state index in [0.717, 1.165) is 103 Å². The fraction of sp³-hybridized carbons (Fsp3) is 0.714. The molecule has 0 aliphatic heterocycles. The van der Waals surface area contributed by atoms with Gasteiger partial charge >= 0.3 is 11.9 Å². The van der Waals surface area contributed by atoms with Crippen LogP contribution in [0.2, 0.25) is 0 Å². The Balaban J connectivity index is 4.04. The summed E-state index contributed by atoms with van der Waals surface area (Å²) in [5.74, 6) is -0.845. The van der Waals surface area contributed by atoms with E-state index >= 15 is 0 Å². The summed E-state index contributed by atoms with van der Waals surface area (Å²) < 4.78 is 34.2. The third-order valence-electron chi connectivity index (χ3n) is 13.8. The summed E-state index contributed by atoms with van der Waals surface area (Å²) in [4.78, 5) is 38.0. The maximum atomic E-state index is 12.8. The van der Waals surface area contributed by atoms with Crippen molar-refractivity contribution < 1.29 is 42.1 Å². The molecule has 0 bridgehead atoms. The van der Waals surface area contributed by atoms with Crippen LogP contribution in [0.4, 0.5) is 0 Å². The second-order valence-electron chi connectivity index (χ2n) is 22.7. The third kappa shape index (κ3) is 63.8. The van der Waals surface area contributed by atoms with E-state index in [0.29, 0.717) is 23.9 Å². The van der Waals surface area contributed by atoms with E-state index in [2.05, 4.69) is 123 Å². The highest BCUT2D eigenvalue weighted by Gasteiger charge is 2.22. The second kappa shape index (κ2) is 60.3. The first-order valence-corrected chi connectivity index (χ1v) is 34.1. The summed E-state index contributed by atoms with van der Waals surface area (Å²) in [6.07, 6.45) is 84.4. The minimum absolute atomic E-state index is 0.0363. The van der Waals surface area contributed by atoms with Crippen molar-refractivity contribution in [3.8, 4) is 0 Å². The molecule has 0 spiro atoms. The molecule has 0 aliphatic carbocycles. The number of ether oxygens (including phenoxy) is 2. The third-order valence-corrected chi connectivity index (χ3v) is 14.7. The predicted molar refractivity (Wildman–Crippen MR) is 342 cm³/mol. The van der Waals surface area contributed by atoms with E-state index in [1.807, 2.05) is 21.1 Å². The zero-order valence-corrected chi connectivity index (χ0v) is 53.1. The van der Waals surface area contributed by atoms with E-state index in [4.69, 9.17) is 18.5 Å². The molecule has 0 amide bonds. The zero-order chi connectivity index (χ0) is 58.4. The topological polar surface area (TPSA) is 111 Å². The molecule has 0 saturated carbocycles. The molecular weight excluding hydrogens is 1010 g/mol. The van der Waals surface area contributed by atoms with Crippen molar-refractivity contribution in [1.29, 1.82) is 0 Å². The van der Waals surface area contributed by atoms with Gasteiger partial charge in [0.1, 0.15) is 19.8 Å². The molecule has 0 rings (SSSR count). The molecule has 0 N–H and O–H groups in total. The molecule has 10 heteroatoms. The highest BCUT2D eigenvalue weighted by Crippen LogP contribution is 2.38. The van der Waals surface area contributed by atoms with Crippen molar-refractivity contribution in [3.05, 3.63) is 109 Å². The Bertz CT molecular complexity index is 1720. The number of unbranched alkanes of at least 4 members (excludes halogenated alkanes) is 27. The molecule has 0 radical (unpaired) electrons. The van der Waals surface area contributed by atoms with E-state index in [9.17, 15) is 19.0 Å². The lowest BCUT2D eigenvalue weighted by Crippen LogP contribution is -2.37. The molecule has 2 atom stereocenters. The Morgan fingerprint density at radius 2 is 0.713 bits per heavy atom. The summed E-state index contributed by atoms with van der Waals surface area (Å²) in [7, 11) is 1.15. The van der Waals surface area contributed by atoms with Gasteiger partial charge in [0.05, 0.1) is 27.7 Å². The van der Waals surface area contributed by atoms with Crippen LogP contribution in [0.15, 0.2) is 109 Å². The number of phosphoric ester groups is 1. The summed E-state index contributed by atoms with van der Waals surface area (Å²) in [5.41, 5.74) is 0. The number of carbonyl (C=O) groups is 2. The van der Waals surface area contributed by atoms with Gasteiger partial charge in [0.15, 0.2) is 6.10 Å². The maximum absolute atomic E-state index is 12.8. The number of esters is 2. The smallest absolute Gasteiger partial charge is 0.306 e. The van der Waals surface area contributed by atoms with Gasteiger partial charge < -0.3 is 27.9 Å². The summed E-state index contributed by atoms with van der Waals surface area (Å²) >= 11 is 0. The van der Waals surface area contributed by atoms with Crippen LogP contribution in [-0.2, 0) is 32.7 Å². The first-order valence-electron chi connectivity index (χ1n) is 32.6. The second-order valence-corrected chi connectivity index (χ2v) is 24.2. The van der Waals surface area contributed by atoms with Crippen molar-refractivity contribution in [1.82, 2.24) is 0 Å². The molecule has 80 heavy (non-hydrogen) atoms. The Morgan fingerprint density at radius 3 is 1.06 bits per heavy atom. The van der Waals surface area contributed by atoms with Crippen LogP contribution >= 0.6 is 7.82 Å². The fourth-order valence-electron chi connectivity index (χ4n) is 8.79. The lowest BCUT2D eigenvalue weighted by atomic mass is 10.0. The van der Waals surface area contributed by atoms with Crippen molar-refractivity contribution in [3.63, 3.8) is 0 Å². The molecule has 0 saturated heterocycles. The maximum Gasteiger partial charge on any atom is 0.306 e. The van der Waals surface area contributed by atoms with Gasteiger partial charge in [-0.05, 0) is 103 Å². The monoisotopic (exact) mass is 1140 g/mol. The number of hydrogen-bond acceptors (Lipinski definition) is 8. The zero-order valence-electron chi connectivity index (χ0n) is 52.2. The molecule has 460 valence electrons. The van der Waals surface area contributed by atoms with Gasteiger partial charge in [-0.25, -0.2) is 0 Å². The molecule has 0 aliphatic rings. The predicted octanol–water partition coefficient (Wildman–Crippen LogP) is 20.3. The van der Waals surface area contributed by atoms with E-state index in [1.54, 1.807) is 0 Å². The van der Waals surface area contributed by atoms with Gasteiger partial charge in [-0.3, -0.25) is 14.2 Å². The SMILES string of the molecule is CC/C=C\C/C=C\C/C=C\C/C=C\C/C=C\C/C=C\CCCCCCCCCCCCCCCCCCCCC(=O)OC(COC(=O)CCCCCCCC/C=C\C/C=C\C/C=C\CCCCC)COP(=O)([O-])OCC[N+](C)(C)C. The van der Waals surface area contributed by atoms with Crippen molar-refractivity contribution in [2.45, 2.75) is 277 Å². The lowest BCUT2D eigenvalue weighted by Gasteiger charge is -2.28. The van der Waals surface area contributed by atoms with Crippen molar-refractivity contribution in [2.75, 3.05) is 47.5 Å². The first kappa shape index (κ1) is 76.7. The van der Waals surface area contributed by atoms with Gasteiger partial charge in [-0.15, -0.1) is 0 Å². The Morgan fingerprint density at radius 1 is 0.400 bits per heavy atom. The van der Waals surface area contributed by atoms with Crippen LogP contribution in [-0.4, -0.2) is 70.0 Å². The van der Waals surface area contributed by atoms with Crippen LogP contribution in [0.5, 0.6) is 0 Å². The minimum Gasteiger partial charge on any atom is -0.756 e. The minimum atomic E-state index is -4.65. The number of hydrogen-bond donors (Lipinski definition) is 0. The highest BCUT2D eigenvalue weighted by molar-refractivity contribution is 7.45. The average molecular weight is 1140 g/mol. The number of carbonyl (C=O) groups excluding carboxylic acids is 2. The van der Waals surface area contributed by atoms with Crippen LogP contribution in [0.3, 0.4) is 0 Å². The molecule has 2 unspecified atom stereocenters. The summed E-state index contributed by atoms with van der Waals surface area (Å²) in [6.45, 7) is 4.09. The number of quaternary nitrogens is 1. The Hall–Kier alpha value is -3.33. The largest absolute Gasteiger partial charge is 0.756 e. The van der Waals surface area contributed by atoms with Gasteiger partial charge in [0, 0.05) is 12.8 Å². The standard InChI is InChI=1S/C70H122NO8P/c1-6-8-10-12-14-16-18-20-22-24-26-27-28-29-30-31-32-33-34-35-36-37-38-39-40-41-42-43-45-47-49-51-53-55-57-59-61-63-70(73)79-68(67-78-80(74,75)77-65-64-71(3,4)5)66-76-69(72)62-60-58-56-54-52-50-48-46-44-25-23-21-19-17-15-13-11-9-7-2/h8,10,14-17,20-23,26-27,29-30,32-33,44,46,68H,6-7,9,11-13,18-19,24-25,28,31,34-43,45,47-67H2,1-5H3/b10-8-,16-14-,17-15-,22-20-,23-21-,27-26-,30-29-,33-32-,46-44-. The van der Waals surface area contributed by atoms with Crippen LogP contribution in [0, 0.1) is 0 Å². The van der Waals surface area contributed by atoms with Gasteiger partial charge in [-0.2, -0.15) is 0 Å². The molecule has 9 nitrogen and oxygen atoms in total. The Kier molecular flexibility index (Phi) is 57.8. The molecule has 0 aromatic carbocycles. The lowest BCUT2D eigenvalue weighted by molar-refractivity contribution is -0.870. The van der Waals surface area contributed by atoms with Gasteiger partial charge in [-0.1, -0.05) is 264 Å². The number of likely N-dealkylation sites (N-methyl/N-ethyl adjacent to an activating group) is 1. The van der Waals surface area contributed by atoms with E-state index in [-0.39, 0.29) is 26.1 Å². The Labute approximate surface area is 493 Å². The van der Waals surface area contributed by atoms with Crippen LogP contribution in [0.1, 0.15) is 271 Å². The van der Waals surface area contributed by atoms with Crippen LogP contribution in [0.25, 0.3) is 0 Å². The summed E-state index contributed by atoms with van der Waals surface area (Å²) in [5, 5.41) is 0. The molecular formula is C70H122NO8P. The molecule has 0 heterocycles. The number of nitrogens with zero attached hydrogens (tertiary/aromatic N) is 1. The normalized spacial score (nSPS) is 13.9. The average Bonchev–Trinajstić information content (AvgIpc) is 3.42. The van der Waals surface area contributed by atoms with Gasteiger partial charge in [0.25, 0.3) is 7.82 Å². The highest BCUT2D eigenvalue weighted by atomic mass is 31.2. The fourth-order valence-corrected chi connectivity index (χ4v) is 9.51. The molecule has 0 fully saturated rings. The first-order chi connectivity index (χ1) is 39.0.